The fraction of sp³-hybridized carbons (Fsp3) is 0.211. The number of aromatic hydroxyl groups is 1. The molecule has 1 aromatic heterocycles. The number of H-pyrrole nitrogens is 1. The Balaban J connectivity index is 1.65. The van der Waals surface area contributed by atoms with Crippen LogP contribution in [0.1, 0.15) is 11.3 Å². The third kappa shape index (κ3) is 3.97. The lowest BCUT2D eigenvalue weighted by Gasteiger charge is -2.21. The molecule has 0 saturated carbocycles. The number of nitrogens with one attached hydrogen (secondary N) is 1. The topological polar surface area (TPSA) is 82.4 Å². The van der Waals surface area contributed by atoms with Crippen LogP contribution < -0.4 is 5.73 Å². The summed E-state index contributed by atoms with van der Waals surface area (Å²) in [6, 6.07) is 12.3. The number of nitrogens with two attached hydrogens (primary N) is 1. The van der Waals surface area contributed by atoms with E-state index in [4.69, 9.17) is 5.73 Å². The Morgan fingerprint density at radius 2 is 1.96 bits per heavy atom. The summed E-state index contributed by atoms with van der Waals surface area (Å²) in [6.45, 7) is 0.360. The summed E-state index contributed by atoms with van der Waals surface area (Å²) < 4.78 is 13.3. The molecule has 0 saturated heterocycles. The number of fused-ring (bicyclic) bond motifs is 1. The lowest BCUT2D eigenvalue weighted by Crippen LogP contribution is -2.42. The number of aromatic amines is 1. The summed E-state index contributed by atoms with van der Waals surface area (Å²) in [5.41, 5.74) is 8.54. The van der Waals surface area contributed by atoms with Gasteiger partial charge in [-0.05, 0) is 48.4 Å². The highest BCUT2D eigenvalue weighted by atomic mass is 19.1. The van der Waals surface area contributed by atoms with Crippen LogP contribution in [-0.4, -0.2) is 34.0 Å². The summed E-state index contributed by atoms with van der Waals surface area (Å²) in [6.07, 6.45) is 0.390. The molecule has 130 valence electrons. The number of phenolic OH excluding ortho intramolecular Hbond substituents is 1. The van der Waals surface area contributed by atoms with Gasteiger partial charge < -0.3 is 20.7 Å². The summed E-state index contributed by atoms with van der Waals surface area (Å²) in [7, 11) is 1.69. The number of phenols is 1. The van der Waals surface area contributed by atoms with E-state index in [0.29, 0.717) is 13.0 Å². The van der Waals surface area contributed by atoms with Gasteiger partial charge in [0.2, 0.25) is 5.91 Å². The number of likely N-dealkylation sites (N-methyl/N-ethyl adjacent to an activating group) is 1. The number of aromatic nitrogens is 1. The monoisotopic (exact) mass is 341 g/mol. The van der Waals surface area contributed by atoms with Crippen LogP contribution >= 0.6 is 0 Å². The summed E-state index contributed by atoms with van der Waals surface area (Å²) in [5, 5.41) is 10.1. The van der Waals surface area contributed by atoms with Crippen molar-refractivity contribution >= 4 is 16.8 Å². The molecule has 6 heteroatoms. The van der Waals surface area contributed by atoms with Crippen LogP contribution in [0, 0.1) is 5.82 Å². The predicted octanol–water partition coefficient (Wildman–Crippen LogP) is 2.54. The lowest BCUT2D eigenvalue weighted by atomic mass is 10.1. The summed E-state index contributed by atoms with van der Waals surface area (Å²) in [4.78, 5) is 17.2. The number of hydrogen-bond acceptors (Lipinski definition) is 3. The van der Waals surface area contributed by atoms with Crippen molar-refractivity contribution in [1.29, 1.82) is 0 Å². The highest BCUT2D eigenvalue weighted by Gasteiger charge is 2.19. The van der Waals surface area contributed by atoms with Gasteiger partial charge in [0.05, 0.1) is 12.6 Å². The lowest BCUT2D eigenvalue weighted by molar-refractivity contribution is -0.131. The Morgan fingerprint density at radius 3 is 2.68 bits per heavy atom. The van der Waals surface area contributed by atoms with E-state index in [1.807, 2.05) is 6.07 Å². The molecule has 0 aliphatic heterocycles. The van der Waals surface area contributed by atoms with Crippen LogP contribution in [0.5, 0.6) is 5.75 Å². The second kappa shape index (κ2) is 6.94. The minimum absolute atomic E-state index is 0.177. The zero-order valence-electron chi connectivity index (χ0n) is 13.9. The van der Waals surface area contributed by atoms with Gasteiger partial charge in [-0.15, -0.1) is 0 Å². The maximum absolute atomic E-state index is 13.3. The molecule has 0 fully saturated rings. The Kier molecular flexibility index (Phi) is 4.72. The molecule has 4 N–H and O–H groups in total. The number of carbonyl (C=O) groups excluding carboxylic acids is 1. The molecule has 0 unspecified atom stereocenters. The molecule has 1 heterocycles. The number of amides is 1. The van der Waals surface area contributed by atoms with Gasteiger partial charge in [0.1, 0.15) is 11.6 Å². The van der Waals surface area contributed by atoms with E-state index in [1.54, 1.807) is 42.3 Å². The molecule has 0 aliphatic rings. The molecule has 2 aromatic carbocycles. The van der Waals surface area contributed by atoms with Gasteiger partial charge in [-0.1, -0.05) is 12.1 Å². The number of rotatable bonds is 5. The maximum atomic E-state index is 13.3. The van der Waals surface area contributed by atoms with Crippen LogP contribution in [0.25, 0.3) is 10.9 Å². The number of benzene rings is 2. The molecular formula is C19H20FN3O2. The zero-order chi connectivity index (χ0) is 18.0. The molecular weight excluding hydrogens is 321 g/mol. The molecule has 1 atom stereocenters. The minimum Gasteiger partial charge on any atom is -0.508 e. The van der Waals surface area contributed by atoms with Crippen LogP contribution in [0.4, 0.5) is 4.39 Å². The van der Waals surface area contributed by atoms with E-state index < -0.39 is 6.04 Å². The van der Waals surface area contributed by atoms with Crippen LogP contribution in [-0.2, 0) is 17.8 Å². The predicted molar refractivity (Wildman–Crippen MR) is 94.5 cm³/mol. The van der Waals surface area contributed by atoms with Gasteiger partial charge in [-0.25, -0.2) is 4.39 Å². The number of nitrogens with zero attached hydrogens (tertiary/aromatic N) is 1. The van der Waals surface area contributed by atoms with Crippen LogP contribution in [0.3, 0.4) is 0 Å². The Bertz CT molecular complexity index is 889. The van der Waals surface area contributed by atoms with Crippen molar-refractivity contribution in [3.63, 3.8) is 0 Å². The van der Waals surface area contributed by atoms with Crippen molar-refractivity contribution < 1.29 is 14.3 Å². The molecule has 3 aromatic rings. The molecule has 5 nitrogen and oxygen atoms in total. The highest BCUT2D eigenvalue weighted by molar-refractivity contribution is 5.83. The van der Waals surface area contributed by atoms with Gasteiger partial charge in [0, 0.05) is 23.6 Å². The van der Waals surface area contributed by atoms with Crippen molar-refractivity contribution in [3.05, 3.63) is 65.6 Å². The first-order valence-electron chi connectivity index (χ1n) is 7.98. The molecule has 3 rings (SSSR count). The third-order valence-electron chi connectivity index (χ3n) is 4.13. The van der Waals surface area contributed by atoms with Gasteiger partial charge >= 0.3 is 0 Å². The molecule has 0 spiro atoms. The zero-order valence-corrected chi connectivity index (χ0v) is 13.9. The number of hydrogen-bond donors (Lipinski definition) is 3. The van der Waals surface area contributed by atoms with Crippen LogP contribution in [0.2, 0.25) is 0 Å². The van der Waals surface area contributed by atoms with Crippen molar-refractivity contribution in [2.24, 2.45) is 5.73 Å². The third-order valence-corrected chi connectivity index (χ3v) is 4.13. The average molecular weight is 341 g/mol. The molecule has 1 amide bonds. The van der Waals surface area contributed by atoms with E-state index in [2.05, 4.69) is 4.98 Å². The van der Waals surface area contributed by atoms with Gasteiger partial charge in [0.25, 0.3) is 0 Å². The minimum atomic E-state index is -0.670. The standard InChI is InChI=1S/C19H20FN3O2/c1-23(11-15-10-13-9-14(20)4-7-18(13)22-15)19(25)17(21)8-12-2-5-16(24)6-3-12/h2-7,9-10,17,22,24H,8,11,21H2,1H3/t17-/m0/s1. The smallest absolute Gasteiger partial charge is 0.239 e. The first-order valence-corrected chi connectivity index (χ1v) is 7.98. The Morgan fingerprint density at radius 1 is 1.24 bits per heavy atom. The van der Waals surface area contributed by atoms with Crippen molar-refractivity contribution in [2.75, 3.05) is 7.05 Å². The van der Waals surface area contributed by atoms with Crippen LogP contribution in [0.15, 0.2) is 48.5 Å². The fourth-order valence-electron chi connectivity index (χ4n) is 2.84. The molecule has 0 bridgehead atoms. The normalized spacial score (nSPS) is 12.3. The maximum Gasteiger partial charge on any atom is 0.239 e. The number of halogens is 1. The van der Waals surface area contributed by atoms with Crippen molar-refractivity contribution in [1.82, 2.24) is 9.88 Å². The summed E-state index contributed by atoms with van der Waals surface area (Å²) in [5.74, 6) is -0.299. The molecule has 0 aliphatic carbocycles. The number of carbonyl (C=O) groups is 1. The molecule has 0 radical (unpaired) electrons. The van der Waals surface area contributed by atoms with Gasteiger partial charge in [-0.2, -0.15) is 0 Å². The second-order valence-electron chi connectivity index (χ2n) is 6.20. The van der Waals surface area contributed by atoms with Gasteiger partial charge in [-0.3, -0.25) is 4.79 Å². The fourth-order valence-corrected chi connectivity index (χ4v) is 2.84. The second-order valence-corrected chi connectivity index (χ2v) is 6.20. The Hall–Kier alpha value is -2.86. The first kappa shape index (κ1) is 17.0. The largest absolute Gasteiger partial charge is 0.508 e. The summed E-state index contributed by atoms with van der Waals surface area (Å²) >= 11 is 0. The van der Waals surface area contributed by atoms with Crippen molar-refractivity contribution in [3.8, 4) is 5.75 Å². The Labute approximate surface area is 144 Å². The SMILES string of the molecule is CN(Cc1cc2cc(F)ccc2[nH]1)C(=O)[C@@H](N)Cc1ccc(O)cc1. The molecule has 25 heavy (non-hydrogen) atoms. The highest BCUT2D eigenvalue weighted by Crippen LogP contribution is 2.18. The quantitative estimate of drug-likeness (QED) is 0.667. The van der Waals surface area contributed by atoms with E-state index in [1.165, 1.54) is 12.1 Å². The van der Waals surface area contributed by atoms with Crippen molar-refractivity contribution in [2.45, 2.75) is 19.0 Å². The van der Waals surface area contributed by atoms with E-state index in [0.717, 1.165) is 22.2 Å². The van der Waals surface area contributed by atoms with E-state index >= 15 is 0 Å². The average Bonchev–Trinajstić information content (AvgIpc) is 2.97. The first-order chi connectivity index (χ1) is 11.9. The van der Waals surface area contributed by atoms with E-state index in [-0.39, 0.29) is 17.5 Å². The van der Waals surface area contributed by atoms with Gasteiger partial charge in [0.15, 0.2) is 0 Å². The van der Waals surface area contributed by atoms with E-state index in [9.17, 15) is 14.3 Å².